The van der Waals surface area contributed by atoms with Crippen LogP contribution >= 0.6 is 15.9 Å². The van der Waals surface area contributed by atoms with Crippen LogP contribution in [0.25, 0.3) is 0 Å². The Morgan fingerprint density at radius 1 is 1.38 bits per heavy atom. The number of hydrogen-bond donors (Lipinski definition) is 1. The van der Waals surface area contributed by atoms with Crippen LogP contribution in [0.2, 0.25) is 0 Å². The van der Waals surface area contributed by atoms with Crippen molar-refractivity contribution in [3.63, 3.8) is 0 Å². The fraction of sp³-hybridized carbons (Fsp3) is 0.538. The number of likely N-dealkylation sites (N-methyl/N-ethyl adjacent to an activating group) is 1. The summed E-state index contributed by atoms with van der Waals surface area (Å²) in [5.74, 6) is 0. The molecule has 1 saturated heterocycles. The van der Waals surface area contributed by atoms with Gasteiger partial charge in [0.25, 0.3) is 0 Å². The van der Waals surface area contributed by atoms with Crippen LogP contribution in [0.5, 0.6) is 0 Å². The summed E-state index contributed by atoms with van der Waals surface area (Å²) in [7, 11) is 2.20. The summed E-state index contributed by atoms with van der Waals surface area (Å²) in [5.41, 5.74) is 2.69. The van der Waals surface area contributed by atoms with Gasteiger partial charge in [-0.25, -0.2) is 0 Å². The second kappa shape index (κ2) is 4.86. The van der Waals surface area contributed by atoms with Gasteiger partial charge >= 0.3 is 0 Å². The number of halogens is 1. The molecule has 1 aliphatic heterocycles. The quantitative estimate of drug-likeness (QED) is 0.852. The summed E-state index contributed by atoms with van der Waals surface area (Å²) >= 11 is 3.57. The van der Waals surface area contributed by atoms with Crippen molar-refractivity contribution < 1.29 is 0 Å². The van der Waals surface area contributed by atoms with Gasteiger partial charge < -0.3 is 10.2 Å². The van der Waals surface area contributed by atoms with Crippen molar-refractivity contribution in [1.82, 2.24) is 10.2 Å². The predicted molar refractivity (Wildman–Crippen MR) is 71.7 cm³/mol. The molecule has 0 aromatic heterocycles. The first-order chi connectivity index (χ1) is 7.56. The number of aryl methyl sites for hydroxylation is 1. The summed E-state index contributed by atoms with van der Waals surface area (Å²) in [5, 5.41) is 3.61. The van der Waals surface area contributed by atoms with Gasteiger partial charge in [0.05, 0.1) is 0 Å². The third-order valence-corrected chi connectivity index (χ3v) is 3.81. The smallest absolute Gasteiger partial charge is 0.0450 e. The zero-order valence-corrected chi connectivity index (χ0v) is 11.7. The molecule has 1 fully saturated rings. The van der Waals surface area contributed by atoms with Gasteiger partial charge in [-0.05, 0) is 44.2 Å². The predicted octanol–water partition coefficient (Wildman–Crippen LogP) is 2.72. The van der Waals surface area contributed by atoms with Crippen LogP contribution in [-0.4, -0.2) is 31.1 Å². The number of hydrogen-bond acceptors (Lipinski definition) is 2. The molecule has 1 aliphatic rings. The summed E-state index contributed by atoms with van der Waals surface area (Å²) in [6.07, 6.45) is 0. The SMILES string of the molecule is Cc1cc(Br)cc(C2CN(C)C(C)CN2)c1. The van der Waals surface area contributed by atoms with Gasteiger partial charge in [-0.2, -0.15) is 0 Å². The van der Waals surface area contributed by atoms with Gasteiger partial charge in [-0.15, -0.1) is 0 Å². The van der Waals surface area contributed by atoms with E-state index < -0.39 is 0 Å². The fourth-order valence-corrected chi connectivity index (χ4v) is 2.82. The molecule has 1 N–H and O–H groups in total. The molecule has 1 aromatic carbocycles. The molecule has 2 unspecified atom stereocenters. The highest BCUT2D eigenvalue weighted by Crippen LogP contribution is 2.23. The first-order valence-electron chi connectivity index (χ1n) is 5.77. The van der Waals surface area contributed by atoms with Gasteiger partial charge in [0, 0.05) is 29.6 Å². The van der Waals surface area contributed by atoms with Crippen molar-refractivity contribution in [2.75, 3.05) is 20.1 Å². The van der Waals surface area contributed by atoms with Crippen molar-refractivity contribution in [3.8, 4) is 0 Å². The first-order valence-corrected chi connectivity index (χ1v) is 6.56. The lowest BCUT2D eigenvalue weighted by Gasteiger charge is -2.36. The second-order valence-electron chi connectivity index (χ2n) is 4.81. The van der Waals surface area contributed by atoms with Crippen LogP contribution in [0.4, 0.5) is 0 Å². The van der Waals surface area contributed by atoms with E-state index in [1.54, 1.807) is 0 Å². The van der Waals surface area contributed by atoms with Gasteiger partial charge in [0.1, 0.15) is 0 Å². The number of nitrogens with one attached hydrogen (secondary N) is 1. The number of benzene rings is 1. The maximum atomic E-state index is 3.61. The highest BCUT2D eigenvalue weighted by Gasteiger charge is 2.23. The van der Waals surface area contributed by atoms with Crippen molar-refractivity contribution in [2.45, 2.75) is 25.9 Å². The van der Waals surface area contributed by atoms with Crippen LogP contribution in [0.1, 0.15) is 24.1 Å². The largest absolute Gasteiger partial charge is 0.307 e. The van der Waals surface area contributed by atoms with Crippen LogP contribution < -0.4 is 5.32 Å². The van der Waals surface area contributed by atoms with E-state index in [4.69, 9.17) is 0 Å². The lowest BCUT2D eigenvalue weighted by Crippen LogP contribution is -2.49. The van der Waals surface area contributed by atoms with E-state index in [-0.39, 0.29) is 0 Å². The molecule has 0 saturated carbocycles. The minimum absolute atomic E-state index is 0.456. The highest BCUT2D eigenvalue weighted by molar-refractivity contribution is 9.10. The van der Waals surface area contributed by atoms with E-state index in [2.05, 4.69) is 65.2 Å². The first kappa shape index (κ1) is 12.1. The molecule has 0 amide bonds. The molecule has 0 bridgehead atoms. The average molecular weight is 283 g/mol. The standard InChI is InChI=1S/C13H19BrN2/c1-9-4-11(6-12(14)5-9)13-8-16(3)10(2)7-15-13/h4-6,10,13,15H,7-8H2,1-3H3. The van der Waals surface area contributed by atoms with Crippen LogP contribution in [-0.2, 0) is 0 Å². The molecule has 16 heavy (non-hydrogen) atoms. The molecular weight excluding hydrogens is 264 g/mol. The maximum absolute atomic E-state index is 3.61. The van der Waals surface area contributed by atoms with Gasteiger partial charge in [-0.3, -0.25) is 0 Å². The Balaban J connectivity index is 2.18. The van der Waals surface area contributed by atoms with Gasteiger partial charge in [0.2, 0.25) is 0 Å². The number of nitrogens with zero attached hydrogens (tertiary/aromatic N) is 1. The van der Waals surface area contributed by atoms with E-state index in [1.165, 1.54) is 15.6 Å². The molecule has 0 spiro atoms. The second-order valence-corrected chi connectivity index (χ2v) is 5.73. The van der Waals surface area contributed by atoms with Crippen LogP contribution in [0.3, 0.4) is 0 Å². The average Bonchev–Trinajstić information content (AvgIpc) is 2.20. The summed E-state index contributed by atoms with van der Waals surface area (Å²) in [6.45, 7) is 6.54. The molecule has 1 aromatic rings. The Morgan fingerprint density at radius 3 is 2.75 bits per heavy atom. The van der Waals surface area contributed by atoms with E-state index in [9.17, 15) is 0 Å². The zero-order valence-electron chi connectivity index (χ0n) is 10.1. The summed E-state index contributed by atoms with van der Waals surface area (Å²) < 4.78 is 1.17. The third kappa shape index (κ3) is 2.65. The number of piperazine rings is 1. The van der Waals surface area contributed by atoms with Crippen molar-refractivity contribution in [3.05, 3.63) is 33.8 Å². The fourth-order valence-electron chi connectivity index (χ4n) is 2.19. The monoisotopic (exact) mass is 282 g/mol. The lowest BCUT2D eigenvalue weighted by atomic mass is 10.0. The Bertz CT molecular complexity index is 358. The van der Waals surface area contributed by atoms with Crippen molar-refractivity contribution >= 4 is 15.9 Å². The molecule has 2 atom stereocenters. The minimum Gasteiger partial charge on any atom is -0.307 e. The van der Waals surface area contributed by atoms with Crippen LogP contribution in [0.15, 0.2) is 22.7 Å². The van der Waals surface area contributed by atoms with Crippen LogP contribution in [0, 0.1) is 6.92 Å². The summed E-state index contributed by atoms with van der Waals surface area (Å²) in [4.78, 5) is 2.41. The highest BCUT2D eigenvalue weighted by atomic mass is 79.9. The Morgan fingerprint density at radius 2 is 2.12 bits per heavy atom. The molecule has 2 rings (SSSR count). The minimum atomic E-state index is 0.456. The third-order valence-electron chi connectivity index (χ3n) is 3.35. The lowest BCUT2D eigenvalue weighted by molar-refractivity contribution is 0.176. The van der Waals surface area contributed by atoms with Gasteiger partial charge in [0.15, 0.2) is 0 Å². The Hall–Kier alpha value is -0.380. The number of rotatable bonds is 1. The summed E-state index contributed by atoms with van der Waals surface area (Å²) in [6, 6.07) is 7.72. The molecular formula is C13H19BrN2. The van der Waals surface area contributed by atoms with E-state index in [0.717, 1.165) is 13.1 Å². The normalized spacial score (nSPS) is 27.0. The zero-order chi connectivity index (χ0) is 11.7. The molecule has 0 aliphatic carbocycles. The topological polar surface area (TPSA) is 15.3 Å². The molecule has 3 heteroatoms. The Labute approximate surface area is 106 Å². The van der Waals surface area contributed by atoms with E-state index >= 15 is 0 Å². The molecule has 88 valence electrons. The molecule has 0 radical (unpaired) electrons. The molecule has 2 nitrogen and oxygen atoms in total. The Kier molecular flexibility index (Phi) is 3.67. The van der Waals surface area contributed by atoms with Gasteiger partial charge in [-0.1, -0.05) is 22.0 Å². The maximum Gasteiger partial charge on any atom is 0.0450 e. The molecule has 1 heterocycles. The van der Waals surface area contributed by atoms with E-state index in [0.29, 0.717) is 12.1 Å². The van der Waals surface area contributed by atoms with Crippen molar-refractivity contribution in [2.24, 2.45) is 0 Å². The van der Waals surface area contributed by atoms with Crippen molar-refractivity contribution in [1.29, 1.82) is 0 Å². The van der Waals surface area contributed by atoms with E-state index in [1.807, 2.05) is 0 Å².